The zero-order valence-electron chi connectivity index (χ0n) is 10.7. The first-order valence-corrected chi connectivity index (χ1v) is 6.17. The van der Waals surface area contributed by atoms with Crippen molar-refractivity contribution in [3.63, 3.8) is 0 Å². The van der Waals surface area contributed by atoms with Crippen molar-refractivity contribution in [3.05, 3.63) is 71.9 Å². The van der Waals surface area contributed by atoms with E-state index in [2.05, 4.69) is 5.10 Å². The Morgan fingerprint density at radius 3 is 2.58 bits per heavy atom. The van der Waals surface area contributed by atoms with Crippen molar-refractivity contribution in [2.24, 2.45) is 5.73 Å². The first kappa shape index (κ1) is 11.7. The van der Waals surface area contributed by atoms with Gasteiger partial charge in [0.25, 0.3) is 0 Å². The molecule has 2 N–H and O–H groups in total. The molecular formula is C15H15N3O. The second kappa shape index (κ2) is 4.74. The molecule has 1 unspecified atom stereocenters. The summed E-state index contributed by atoms with van der Waals surface area (Å²) in [7, 11) is 0. The lowest BCUT2D eigenvalue weighted by Gasteiger charge is -2.12. The third-order valence-corrected chi connectivity index (χ3v) is 3.06. The summed E-state index contributed by atoms with van der Waals surface area (Å²) in [5, 5.41) is 4.33. The quantitative estimate of drug-likeness (QED) is 0.780. The normalized spacial score (nSPS) is 12.5. The van der Waals surface area contributed by atoms with Gasteiger partial charge in [-0.05, 0) is 37.3 Å². The molecule has 4 heteroatoms. The van der Waals surface area contributed by atoms with Gasteiger partial charge in [0.05, 0.1) is 11.4 Å². The van der Waals surface area contributed by atoms with Gasteiger partial charge < -0.3 is 10.2 Å². The molecule has 0 bridgehead atoms. The summed E-state index contributed by atoms with van der Waals surface area (Å²) in [6.45, 7) is 1.91. The predicted molar refractivity (Wildman–Crippen MR) is 73.0 cm³/mol. The monoisotopic (exact) mass is 253 g/mol. The van der Waals surface area contributed by atoms with Gasteiger partial charge in [-0.25, -0.2) is 4.68 Å². The fraction of sp³-hybridized carbons (Fsp3) is 0.133. The van der Waals surface area contributed by atoms with Crippen molar-refractivity contribution in [1.82, 2.24) is 9.78 Å². The SMILES string of the molecule is Cc1ccc(C(N)c2ccnn2-c2ccccc2)o1. The fourth-order valence-electron chi connectivity index (χ4n) is 2.10. The average molecular weight is 253 g/mol. The Labute approximate surface area is 111 Å². The van der Waals surface area contributed by atoms with Crippen LogP contribution in [0.3, 0.4) is 0 Å². The van der Waals surface area contributed by atoms with Crippen LogP contribution >= 0.6 is 0 Å². The highest BCUT2D eigenvalue weighted by molar-refractivity contribution is 5.34. The Bertz CT molecular complexity index is 670. The largest absolute Gasteiger partial charge is 0.464 e. The summed E-state index contributed by atoms with van der Waals surface area (Å²) in [5.74, 6) is 1.60. The van der Waals surface area contributed by atoms with E-state index >= 15 is 0 Å². The minimum Gasteiger partial charge on any atom is -0.464 e. The molecule has 0 saturated carbocycles. The number of hydrogen-bond acceptors (Lipinski definition) is 3. The molecular weight excluding hydrogens is 238 g/mol. The minimum absolute atomic E-state index is 0.323. The van der Waals surface area contributed by atoms with Crippen molar-refractivity contribution >= 4 is 0 Å². The summed E-state index contributed by atoms with van der Waals surface area (Å²) in [4.78, 5) is 0. The number of aromatic nitrogens is 2. The first-order chi connectivity index (χ1) is 9.25. The number of benzene rings is 1. The summed E-state index contributed by atoms with van der Waals surface area (Å²) < 4.78 is 7.43. The third kappa shape index (κ3) is 2.18. The predicted octanol–water partition coefficient (Wildman–Crippen LogP) is 2.82. The van der Waals surface area contributed by atoms with Crippen molar-refractivity contribution in [2.75, 3.05) is 0 Å². The van der Waals surface area contributed by atoms with E-state index in [1.807, 2.05) is 60.1 Å². The number of hydrogen-bond donors (Lipinski definition) is 1. The van der Waals surface area contributed by atoms with Crippen LogP contribution in [0.15, 0.2) is 59.1 Å². The molecule has 0 fully saturated rings. The van der Waals surface area contributed by atoms with E-state index in [0.717, 1.165) is 22.9 Å². The Kier molecular flexibility index (Phi) is 2.93. The lowest BCUT2D eigenvalue weighted by atomic mass is 10.1. The van der Waals surface area contributed by atoms with E-state index in [-0.39, 0.29) is 6.04 Å². The van der Waals surface area contributed by atoms with Gasteiger partial charge in [-0.1, -0.05) is 18.2 Å². The van der Waals surface area contributed by atoms with Crippen LogP contribution in [0.2, 0.25) is 0 Å². The summed E-state index contributed by atoms with van der Waals surface area (Å²) in [6, 6.07) is 15.3. The molecule has 0 aliphatic rings. The van der Waals surface area contributed by atoms with E-state index in [0.29, 0.717) is 0 Å². The van der Waals surface area contributed by atoms with E-state index in [4.69, 9.17) is 10.2 Å². The van der Waals surface area contributed by atoms with Crippen LogP contribution in [-0.4, -0.2) is 9.78 Å². The first-order valence-electron chi connectivity index (χ1n) is 6.17. The van der Waals surface area contributed by atoms with Gasteiger partial charge in [0.15, 0.2) is 0 Å². The van der Waals surface area contributed by atoms with Crippen LogP contribution in [-0.2, 0) is 0 Å². The number of nitrogens with zero attached hydrogens (tertiary/aromatic N) is 2. The molecule has 2 heterocycles. The van der Waals surface area contributed by atoms with Gasteiger partial charge in [0, 0.05) is 6.20 Å². The van der Waals surface area contributed by atoms with Crippen molar-refractivity contribution in [1.29, 1.82) is 0 Å². The summed E-state index contributed by atoms with van der Waals surface area (Å²) >= 11 is 0. The molecule has 0 aliphatic carbocycles. The molecule has 0 aliphatic heterocycles. The molecule has 3 aromatic rings. The molecule has 3 rings (SSSR count). The highest BCUT2D eigenvalue weighted by Gasteiger charge is 2.17. The maximum absolute atomic E-state index is 6.26. The molecule has 0 spiro atoms. The fourth-order valence-corrected chi connectivity index (χ4v) is 2.10. The number of nitrogens with two attached hydrogens (primary N) is 1. The lowest BCUT2D eigenvalue weighted by Crippen LogP contribution is -2.16. The van der Waals surface area contributed by atoms with Crippen molar-refractivity contribution < 1.29 is 4.42 Å². The molecule has 0 saturated heterocycles. The average Bonchev–Trinajstić information content (AvgIpc) is 3.07. The topological polar surface area (TPSA) is 57.0 Å². The molecule has 4 nitrogen and oxygen atoms in total. The number of furan rings is 1. The summed E-state index contributed by atoms with van der Waals surface area (Å²) in [6.07, 6.45) is 1.75. The smallest absolute Gasteiger partial charge is 0.127 e. The van der Waals surface area contributed by atoms with Crippen molar-refractivity contribution in [2.45, 2.75) is 13.0 Å². The number of para-hydroxylation sites is 1. The second-order valence-corrected chi connectivity index (χ2v) is 4.43. The third-order valence-electron chi connectivity index (χ3n) is 3.06. The van der Waals surface area contributed by atoms with Gasteiger partial charge in [-0.15, -0.1) is 0 Å². The maximum Gasteiger partial charge on any atom is 0.127 e. The Balaban J connectivity index is 2.01. The van der Waals surface area contributed by atoms with E-state index in [1.165, 1.54) is 0 Å². The van der Waals surface area contributed by atoms with Crippen LogP contribution < -0.4 is 5.73 Å². The molecule has 2 aromatic heterocycles. The van der Waals surface area contributed by atoms with Gasteiger partial charge in [0.2, 0.25) is 0 Å². The van der Waals surface area contributed by atoms with E-state index in [9.17, 15) is 0 Å². The second-order valence-electron chi connectivity index (χ2n) is 4.43. The molecule has 1 aromatic carbocycles. The lowest BCUT2D eigenvalue weighted by molar-refractivity contribution is 0.460. The van der Waals surface area contributed by atoms with Crippen LogP contribution in [0, 0.1) is 6.92 Å². The van der Waals surface area contributed by atoms with Gasteiger partial charge >= 0.3 is 0 Å². The number of aryl methyl sites for hydroxylation is 1. The van der Waals surface area contributed by atoms with Gasteiger partial charge in [-0.3, -0.25) is 0 Å². The molecule has 19 heavy (non-hydrogen) atoms. The number of rotatable bonds is 3. The van der Waals surface area contributed by atoms with Crippen molar-refractivity contribution in [3.8, 4) is 5.69 Å². The van der Waals surface area contributed by atoms with Crippen LogP contribution in [0.1, 0.15) is 23.3 Å². The van der Waals surface area contributed by atoms with E-state index < -0.39 is 0 Å². The molecule has 0 radical (unpaired) electrons. The zero-order chi connectivity index (χ0) is 13.2. The molecule has 0 amide bonds. The van der Waals surface area contributed by atoms with Crippen LogP contribution in [0.25, 0.3) is 5.69 Å². The maximum atomic E-state index is 6.26. The van der Waals surface area contributed by atoms with E-state index in [1.54, 1.807) is 6.20 Å². The Hall–Kier alpha value is -2.33. The minimum atomic E-state index is -0.323. The van der Waals surface area contributed by atoms with Gasteiger partial charge in [-0.2, -0.15) is 5.10 Å². The van der Waals surface area contributed by atoms with Gasteiger partial charge in [0.1, 0.15) is 17.6 Å². The van der Waals surface area contributed by atoms with Crippen LogP contribution in [0.4, 0.5) is 0 Å². The summed E-state index contributed by atoms with van der Waals surface area (Å²) in [5.41, 5.74) is 8.15. The zero-order valence-corrected chi connectivity index (χ0v) is 10.7. The highest BCUT2D eigenvalue weighted by atomic mass is 16.3. The Morgan fingerprint density at radius 2 is 1.89 bits per heavy atom. The molecule has 96 valence electrons. The standard InChI is InChI=1S/C15H15N3O/c1-11-7-8-14(19-11)15(16)13-9-10-17-18(13)12-5-3-2-4-6-12/h2-10,15H,16H2,1H3. The Morgan fingerprint density at radius 1 is 1.11 bits per heavy atom. The van der Waals surface area contributed by atoms with Crippen LogP contribution in [0.5, 0.6) is 0 Å². The highest BCUT2D eigenvalue weighted by Crippen LogP contribution is 2.23. The molecule has 1 atom stereocenters.